The quantitative estimate of drug-likeness (QED) is 0.114. The third kappa shape index (κ3) is 8.53. The molecule has 3 saturated heterocycles. The number of phosphoric ester groups is 1. The van der Waals surface area contributed by atoms with Crippen molar-refractivity contribution in [2.45, 2.75) is 55.0 Å². The number of aromatic amines is 1. The van der Waals surface area contributed by atoms with E-state index in [-0.39, 0.29) is 34.0 Å². The Kier molecular flexibility index (Phi) is 11.8. The number of H-pyrrole nitrogens is 1. The number of nitrogens with one attached hydrogen (secondary N) is 1. The lowest BCUT2D eigenvalue weighted by Crippen LogP contribution is -2.37. The number of anilines is 1. The van der Waals surface area contributed by atoms with Crippen LogP contribution in [0.2, 0.25) is 0 Å². The van der Waals surface area contributed by atoms with Crippen LogP contribution in [0.15, 0.2) is 83.0 Å². The fourth-order valence-corrected chi connectivity index (χ4v) is 10.9. The van der Waals surface area contributed by atoms with Gasteiger partial charge in [-0.3, -0.25) is 37.0 Å². The van der Waals surface area contributed by atoms with Crippen LogP contribution < -0.4 is 26.5 Å². The monoisotopic (exact) mass is 895 g/mol. The first-order valence-corrected chi connectivity index (χ1v) is 22.4. The van der Waals surface area contributed by atoms with Gasteiger partial charge < -0.3 is 29.6 Å². The number of para-hydroxylation sites is 1. The van der Waals surface area contributed by atoms with E-state index in [1.54, 1.807) is 30.3 Å². The first kappa shape index (κ1) is 41.8. The highest BCUT2D eigenvalue weighted by atomic mass is 32.7. The lowest BCUT2D eigenvalue weighted by atomic mass is 10.1. The van der Waals surface area contributed by atoms with Gasteiger partial charge in [0.05, 0.1) is 26.7 Å². The molecule has 0 aliphatic carbocycles. The number of hydrogen-bond donors (Lipinski definition) is 3. The zero-order chi connectivity index (χ0) is 42.3. The van der Waals surface area contributed by atoms with Gasteiger partial charge in [-0.2, -0.15) is 0 Å². The first-order chi connectivity index (χ1) is 28.7. The number of carbonyl (C=O) groups excluding carboxylic acids is 1. The van der Waals surface area contributed by atoms with Crippen LogP contribution in [0.4, 0.5) is 14.6 Å². The lowest BCUT2D eigenvalue weighted by Gasteiger charge is -2.27. The maximum atomic E-state index is 16.7. The van der Waals surface area contributed by atoms with Gasteiger partial charge in [0.15, 0.2) is 36.3 Å². The SMILES string of the molecule is COc1ccccc1C(=O)Oc1ccc(CSP2(=O)OC[C@H]3O[C@@H](n4ccc(=O)[nH]c4=O)[C@H](OP(=O)(O)OC[C@H]4O[C@@H](n5cnc6c(N)ncnc65)[C@H](F)[C@@H]4O2)[C@@H]3F)cc1. The number of nitrogens with two attached hydrogens (primary N) is 1. The van der Waals surface area contributed by atoms with Gasteiger partial charge in [-0.25, -0.2) is 42.5 Å². The second-order valence-electron chi connectivity index (χ2n) is 13.3. The van der Waals surface area contributed by atoms with E-state index in [4.69, 9.17) is 42.8 Å². The number of alkyl halides is 2. The maximum absolute atomic E-state index is 16.7. The summed E-state index contributed by atoms with van der Waals surface area (Å²) < 4.78 is 107. The number of rotatable bonds is 8. The van der Waals surface area contributed by atoms with Crippen molar-refractivity contribution in [1.82, 2.24) is 29.1 Å². The molecule has 2 aromatic carbocycles. The van der Waals surface area contributed by atoms with Gasteiger partial charge in [0.2, 0.25) is 0 Å². The van der Waals surface area contributed by atoms with Crippen molar-refractivity contribution in [3.8, 4) is 11.5 Å². The number of methoxy groups -OCH3 is 1. The fraction of sp³-hybridized carbons (Fsp3) is 0.353. The van der Waals surface area contributed by atoms with Crippen molar-refractivity contribution in [1.29, 1.82) is 0 Å². The van der Waals surface area contributed by atoms with Crippen LogP contribution in [0.5, 0.6) is 11.5 Å². The minimum absolute atomic E-state index is 0.0185. The number of phosphoric acid groups is 1. The van der Waals surface area contributed by atoms with Crippen LogP contribution in [0, 0.1) is 0 Å². The Labute approximate surface area is 339 Å². The lowest BCUT2D eigenvalue weighted by molar-refractivity contribution is -0.0652. The normalized spacial score (nSPS) is 30.8. The number of halogens is 2. The molecule has 6 heterocycles. The summed E-state index contributed by atoms with van der Waals surface area (Å²) >= 11 is 0.572. The van der Waals surface area contributed by atoms with E-state index < -0.39 is 94.3 Å². The topological polar surface area (TPSA) is 270 Å². The number of benzene rings is 2. The van der Waals surface area contributed by atoms with Gasteiger partial charge in [0, 0.05) is 18.0 Å². The fourth-order valence-electron chi connectivity index (χ4n) is 6.57. The van der Waals surface area contributed by atoms with Crippen molar-refractivity contribution < 1.29 is 64.6 Å². The molecule has 3 aliphatic heterocycles. The number of aromatic nitrogens is 6. The number of imidazole rings is 1. The van der Waals surface area contributed by atoms with E-state index in [1.807, 2.05) is 4.98 Å². The number of ether oxygens (including phenoxy) is 4. The Bertz CT molecular complexity index is 2620. The standard InChI is InChI=1S/C34H33F2N7O14P2S/c1-50-20-5-3-2-4-19(20)33(45)53-18-8-6-17(7-9-18)14-60-59(49)52-12-21-24(35)28(32(54-21)42-11-10-23(44)41-34(42)46)56-58(47,48)51-13-22-27(57-59)25(36)31(55-22)43-16-40-26-29(37)38-15-39-30(26)43/h2-11,15-16,21-22,24-25,27-28,31-32H,12-14H2,1H3,(H,47,48)(H2,37,38,39)(H,41,44,46)/t21-,22-,24-,25-,27-,28-,31-,32-,59?/m1/s1. The van der Waals surface area contributed by atoms with Crippen LogP contribution in [-0.2, 0) is 42.5 Å². The van der Waals surface area contributed by atoms with Crippen LogP contribution in [0.25, 0.3) is 11.2 Å². The van der Waals surface area contributed by atoms with E-state index in [0.717, 1.165) is 18.6 Å². The smallest absolute Gasteiger partial charge is 0.472 e. The molecule has 0 amide bonds. The molecule has 3 aromatic heterocycles. The summed E-state index contributed by atoms with van der Waals surface area (Å²) in [6.07, 6.45) is -11.9. The number of fused-ring (bicyclic) bond motifs is 4. The minimum atomic E-state index is -5.31. The van der Waals surface area contributed by atoms with Gasteiger partial charge in [-0.15, -0.1) is 0 Å². The van der Waals surface area contributed by atoms with E-state index >= 15 is 8.78 Å². The molecule has 0 saturated carbocycles. The van der Waals surface area contributed by atoms with Crippen LogP contribution >= 0.6 is 26.0 Å². The Hall–Kier alpha value is -4.87. The van der Waals surface area contributed by atoms with E-state index in [2.05, 4.69) is 15.0 Å². The Morgan fingerprint density at radius 3 is 2.47 bits per heavy atom. The summed E-state index contributed by atoms with van der Waals surface area (Å²) in [5.41, 5.74) is 4.89. The number of esters is 1. The highest BCUT2D eigenvalue weighted by Crippen LogP contribution is 2.65. The van der Waals surface area contributed by atoms with E-state index in [9.17, 15) is 28.4 Å². The van der Waals surface area contributed by atoms with Crippen molar-refractivity contribution in [3.63, 3.8) is 0 Å². The van der Waals surface area contributed by atoms with Crippen molar-refractivity contribution in [2.75, 3.05) is 26.1 Å². The molecule has 21 nitrogen and oxygen atoms in total. The molecule has 3 fully saturated rings. The molecule has 2 bridgehead atoms. The van der Waals surface area contributed by atoms with Gasteiger partial charge >= 0.3 is 26.3 Å². The minimum Gasteiger partial charge on any atom is -0.496 e. The summed E-state index contributed by atoms with van der Waals surface area (Å²) in [5, 5.41) is 0. The van der Waals surface area contributed by atoms with Crippen LogP contribution in [0.1, 0.15) is 28.4 Å². The summed E-state index contributed by atoms with van der Waals surface area (Å²) in [4.78, 5) is 62.2. The molecule has 4 N–H and O–H groups in total. The average molecular weight is 896 g/mol. The van der Waals surface area contributed by atoms with Crippen molar-refractivity contribution in [3.05, 3.63) is 105 Å². The zero-order valence-corrected chi connectivity index (χ0v) is 33.4. The maximum Gasteiger partial charge on any atom is 0.472 e. The number of carbonyl (C=O) groups is 1. The largest absolute Gasteiger partial charge is 0.496 e. The number of nitrogen functional groups attached to an aromatic ring is 1. The number of hydrogen-bond acceptors (Lipinski definition) is 18. The van der Waals surface area contributed by atoms with E-state index in [0.29, 0.717) is 27.3 Å². The van der Waals surface area contributed by atoms with Gasteiger partial charge in [0.1, 0.15) is 53.3 Å². The first-order valence-electron chi connectivity index (χ1n) is 17.7. The van der Waals surface area contributed by atoms with E-state index in [1.165, 1.54) is 36.2 Å². The van der Waals surface area contributed by atoms with Gasteiger partial charge in [-0.1, -0.05) is 24.3 Å². The molecule has 10 atom stereocenters. The van der Waals surface area contributed by atoms with Gasteiger partial charge in [0.25, 0.3) is 5.56 Å². The predicted octanol–water partition coefficient (Wildman–Crippen LogP) is 3.62. The summed E-state index contributed by atoms with van der Waals surface area (Å²) in [7, 11) is -3.89. The van der Waals surface area contributed by atoms with Gasteiger partial charge in [-0.05, 0) is 41.2 Å². The van der Waals surface area contributed by atoms with Crippen molar-refractivity contribution >= 4 is 49.0 Å². The predicted molar refractivity (Wildman–Crippen MR) is 203 cm³/mol. The third-order valence-electron chi connectivity index (χ3n) is 9.47. The second-order valence-corrected chi connectivity index (χ2v) is 18.7. The summed E-state index contributed by atoms with van der Waals surface area (Å²) in [5.74, 6) is -0.357. The Balaban J connectivity index is 1.08. The number of nitrogens with zero attached hydrogens (tertiary/aromatic N) is 5. The highest BCUT2D eigenvalue weighted by Gasteiger charge is 2.55. The summed E-state index contributed by atoms with van der Waals surface area (Å²) in [6.45, 7) is -6.49. The molecule has 60 heavy (non-hydrogen) atoms. The summed E-state index contributed by atoms with van der Waals surface area (Å²) in [6, 6.07) is 13.5. The molecule has 3 aliphatic rings. The Morgan fingerprint density at radius 1 is 0.950 bits per heavy atom. The zero-order valence-electron chi connectivity index (χ0n) is 30.8. The second kappa shape index (κ2) is 16.9. The van der Waals surface area contributed by atoms with Crippen molar-refractivity contribution in [2.24, 2.45) is 0 Å². The van der Waals surface area contributed by atoms with Crippen LogP contribution in [-0.4, -0.2) is 97.0 Å². The third-order valence-corrected chi connectivity index (χ3v) is 14.1. The molecular formula is C34H33F2N7O14P2S. The molecule has 0 spiro atoms. The molecule has 318 valence electrons. The molecule has 8 rings (SSSR count). The molecular weight excluding hydrogens is 862 g/mol. The molecule has 26 heteroatoms. The molecule has 2 unspecified atom stereocenters. The molecule has 0 radical (unpaired) electrons. The molecule has 5 aromatic rings. The Morgan fingerprint density at radius 2 is 1.70 bits per heavy atom. The average Bonchev–Trinajstić information content (AvgIpc) is 3.89. The highest BCUT2D eigenvalue weighted by molar-refractivity contribution is 8.54. The van der Waals surface area contributed by atoms with Crippen LogP contribution in [0.3, 0.4) is 0 Å².